The smallest absolute Gasteiger partial charge is 0.259 e. The molecule has 2 aliphatic rings. The molecular formula is C21H18ClN3O3. The van der Waals surface area contributed by atoms with E-state index >= 15 is 0 Å². The third kappa shape index (κ3) is 2.64. The highest BCUT2D eigenvalue weighted by molar-refractivity contribution is 6.49. The van der Waals surface area contributed by atoms with Crippen LogP contribution < -0.4 is 9.91 Å². The van der Waals surface area contributed by atoms with Crippen molar-refractivity contribution in [3.8, 4) is 0 Å². The molecule has 2 aromatic rings. The van der Waals surface area contributed by atoms with Crippen molar-refractivity contribution in [1.82, 2.24) is 0 Å². The number of hydrogen-bond donors (Lipinski definition) is 0. The zero-order valence-electron chi connectivity index (χ0n) is 15.6. The molecule has 2 amide bonds. The van der Waals surface area contributed by atoms with Crippen LogP contribution in [0, 0.1) is 19.8 Å². The maximum atomic E-state index is 13.3. The maximum Gasteiger partial charge on any atom is 0.259 e. The van der Waals surface area contributed by atoms with E-state index in [0.29, 0.717) is 22.0 Å². The predicted molar refractivity (Wildman–Crippen MR) is 108 cm³/mol. The minimum Gasteiger partial charge on any atom is -0.293 e. The van der Waals surface area contributed by atoms with Crippen LogP contribution >= 0.6 is 11.6 Å². The molecular weight excluding hydrogens is 378 g/mol. The molecule has 0 aromatic heterocycles. The van der Waals surface area contributed by atoms with Crippen LogP contribution in [0.1, 0.15) is 18.1 Å². The van der Waals surface area contributed by atoms with Crippen LogP contribution in [0.25, 0.3) is 0 Å². The quantitative estimate of drug-likeness (QED) is 0.748. The summed E-state index contributed by atoms with van der Waals surface area (Å²) < 4.78 is 0. The zero-order valence-corrected chi connectivity index (χ0v) is 16.4. The highest BCUT2D eigenvalue weighted by atomic mass is 35.5. The summed E-state index contributed by atoms with van der Waals surface area (Å²) in [6, 6.07) is 11.6. The molecule has 0 bridgehead atoms. The summed E-state index contributed by atoms with van der Waals surface area (Å²) in [5.74, 6) is -2.12. The molecule has 1 saturated heterocycles. The third-order valence-corrected chi connectivity index (χ3v) is 5.57. The van der Waals surface area contributed by atoms with E-state index in [0.717, 1.165) is 10.5 Å². The topological polar surface area (TPSA) is 70.1 Å². The lowest BCUT2D eigenvalue weighted by Gasteiger charge is -2.23. The second-order valence-electron chi connectivity index (χ2n) is 7.04. The van der Waals surface area contributed by atoms with E-state index in [1.807, 2.05) is 31.2 Å². The van der Waals surface area contributed by atoms with Gasteiger partial charge in [-0.15, -0.1) is 0 Å². The van der Waals surface area contributed by atoms with Crippen molar-refractivity contribution in [2.75, 3.05) is 9.91 Å². The van der Waals surface area contributed by atoms with Gasteiger partial charge in [-0.25, -0.2) is 4.90 Å². The Labute approximate surface area is 167 Å². The molecule has 7 heteroatoms. The fourth-order valence-corrected chi connectivity index (χ4v) is 3.93. The Kier molecular flexibility index (Phi) is 4.31. The Morgan fingerprint density at radius 1 is 1.07 bits per heavy atom. The molecule has 0 radical (unpaired) electrons. The van der Waals surface area contributed by atoms with Gasteiger partial charge >= 0.3 is 0 Å². The van der Waals surface area contributed by atoms with E-state index in [1.54, 1.807) is 25.1 Å². The highest BCUT2D eigenvalue weighted by Crippen LogP contribution is 2.39. The number of halogens is 1. The second-order valence-corrected chi connectivity index (χ2v) is 7.45. The first kappa shape index (κ1) is 18.4. The minimum atomic E-state index is -0.927. The Hall–Kier alpha value is -2.99. The average Bonchev–Trinajstić information content (AvgIpc) is 3.16. The Bertz CT molecular complexity index is 1060. The molecule has 4 rings (SSSR count). The standard InChI is InChI=1S/C21H18ClN3O3/c1-11-6-4-7-14(10-11)25-19-17(18(23-25)13(3)26)20(27)24(21(19)28)16-9-5-8-15(22)12(16)2/h4-10,17,19H,1-3H3/t17-,19-/m0/s1. The molecule has 0 spiro atoms. The number of carbonyl (C=O) groups excluding carboxylic acids is 3. The number of aryl methyl sites for hydroxylation is 1. The van der Waals surface area contributed by atoms with Gasteiger partial charge in [0.15, 0.2) is 5.78 Å². The lowest BCUT2D eigenvalue weighted by Crippen LogP contribution is -2.39. The van der Waals surface area contributed by atoms with Gasteiger partial charge in [-0.2, -0.15) is 5.10 Å². The van der Waals surface area contributed by atoms with Crippen molar-refractivity contribution in [3.05, 3.63) is 58.6 Å². The molecule has 0 aliphatic carbocycles. The number of carbonyl (C=O) groups is 3. The number of rotatable bonds is 3. The summed E-state index contributed by atoms with van der Waals surface area (Å²) in [5.41, 5.74) is 2.82. The number of nitrogens with zero attached hydrogens (tertiary/aromatic N) is 3. The van der Waals surface area contributed by atoms with E-state index in [2.05, 4.69) is 5.10 Å². The number of Topliss-reactive ketones (excluding diaryl/α,β-unsaturated/α-hetero) is 1. The summed E-state index contributed by atoms with van der Waals surface area (Å²) in [5, 5.41) is 6.32. The number of hydrogen-bond acceptors (Lipinski definition) is 5. The first-order valence-electron chi connectivity index (χ1n) is 8.89. The van der Waals surface area contributed by atoms with Crippen LogP contribution in [-0.4, -0.2) is 29.4 Å². The van der Waals surface area contributed by atoms with Gasteiger partial charge in [-0.1, -0.05) is 29.8 Å². The lowest BCUT2D eigenvalue weighted by molar-refractivity contribution is -0.122. The molecule has 28 heavy (non-hydrogen) atoms. The molecule has 2 aromatic carbocycles. The van der Waals surface area contributed by atoms with Crippen LogP contribution in [0.5, 0.6) is 0 Å². The largest absolute Gasteiger partial charge is 0.293 e. The van der Waals surface area contributed by atoms with Crippen molar-refractivity contribution < 1.29 is 14.4 Å². The zero-order chi connectivity index (χ0) is 20.2. The van der Waals surface area contributed by atoms with Gasteiger partial charge < -0.3 is 0 Å². The fraction of sp³-hybridized carbons (Fsp3) is 0.238. The summed E-state index contributed by atoms with van der Waals surface area (Å²) in [4.78, 5) is 39.9. The number of hydrazone groups is 1. The van der Waals surface area contributed by atoms with Gasteiger partial charge in [-0.05, 0) is 49.2 Å². The monoisotopic (exact) mass is 395 g/mol. The number of ketones is 1. The van der Waals surface area contributed by atoms with Gasteiger partial charge in [-0.3, -0.25) is 19.4 Å². The number of anilines is 2. The molecule has 2 atom stereocenters. The second kappa shape index (κ2) is 6.56. The summed E-state index contributed by atoms with van der Waals surface area (Å²) in [7, 11) is 0. The van der Waals surface area contributed by atoms with Crippen molar-refractivity contribution >= 4 is 46.3 Å². The van der Waals surface area contributed by atoms with Crippen LogP contribution in [0.2, 0.25) is 5.02 Å². The normalized spacial score (nSPS) is 21.2. The van der Waals surface area contributed by atoms with Crippen LogP contribution in [0.4, 0.5) is 11.4 Å². The Morgan fingerprint density at radius 2 is 1.79 bits per heavy atom. The molecule has 0 unspecified atom stereocenters. The summed E-state index contributed by atoms with van der Waals surface area (Å²) >= 11 is 6.19. The van der Waals surface area contributed by atoms with Crippen molar-refractivity contribution in [2.45, 2.75) is 26.8 Å². The predicted octanol–water partition coefficient (Wildman–Crippen LogP) is 3.28. The number of benzene rings is 2. The van der Waals surface area contributed by atoms with Gasteiger partial charge in [0.2, 0.25) is 5.91 Å². The first-order chi connectivity index (χ1) is 13.3. The number of imide groups is 1. The number of amides is 2. The average molecular weight is 396 g/mol. The van der Waals surface area contributed by atoms with E-state index in [-0.39, 0.29) is 11.5 Å². The molecule has 6 nitrogen and oxygen atoms in total. The molecule has 0 saturated carbocycles. The Balaban J connectivity index is 1.84. The van der Waals surface area contributed by atoms with Gasteiger partial charge in [0.05, 0.1) is 11.4 Å². The van der Waals surface area contributed by atoms with Crippen LogP contribution in [0.3, 0.4) is 0 Å². The van der Waals surface area contributed by atoms with E-state index in [1.165, 1.54) is 11.9 Å². The SMILES string of the molecule is CC(=O)C1=NN(c2cccc(C)c2)[C@@H]2C(=O)N(c3cccc(Cl)c3C)C(=O)[C@@H]12. The third-order valence-electron chi connectivity index (χ3n) is 5.16. The molecule has 0 N–H and O–H groups in total. The first-order valence-corrected chi connectivity index (χ1v) is 9.27. The molecule has 1 fully saturated rings. The van der Waals surface area contributed by atoms with E-state index in [4.69, 9.17) is 11.6 Å². The van der Waals surface area contributed by atoms with Crippen LogP contribution in [0.15, 0.2) is 47.6 Å². The van der Waals surface area contributed by atoms with Crippen LogP contribution in [-0.2, 0) is 14.4 Å². The van der Waals surface area contributed by atoms with E-state index in [9.17, 15) is 14.4 Å². The molecule has 2 aliphatic heterocycles. The maximum absolute atomic E-state index is 13.3. The van der Waals surface area contributed by atoms with Gasteiger partial charge in [0.1, 0.15) is 17.7 Å². The van der Waals surface area contributed by atoms with Gasteiger partial charge in [0, 0.05) is 11.9 Å². The van der Waals surface area contributed by atoms with E-state index < -0.39 is 23.8 Å². The van der Waals surface area contributed by atoms with Crippen molar-refractivity contribution in [1.29, 1.82) is 0 Å². The van der Waals surface area contributed by atoms with Crippen molar-refractivity contribution in [3.63, 3.8) is 0 Å². The van der Waals surface area contributed by atoms with Crippen molar-refractivity contribution in [2.24, 2.45) is 11.0 Å². The number of fused-ring (bicyclic) bond motifs is 1. The lowest BCUT2D eigenvalue weighted by atomic mass is 9.95. The summed E-state index contributed by atoms with van der Waals surface area (Å²) in [6.07, 6.45) is 0. The fourth-order valence-electron chi connectivity index (χ4n) is 3.76. The molecule has 2 heterocycles. The molecule has 142 valence electrons. The Morgan fingerprint density at radius 3 is 2.46 bits per heavy atom. The highest BCUT2D eigenvalue weighted by Gasteiger charge is 2.58. The van der Waals surface area contributed by atoms with Gasteiger partial charge in [0.25, 0.3) is 5.91 Å². The minimum absolute atomic E-state index is 0.104. The summed E-state index contributed by atoms with van der Waals surface area (Å²) in [6.45, 7) is 5.04.